The number of methoxy groups -OCH3 is 1. The molecule has 2 aromatic heterocycles. The van der Waals surface area contributed by atoms with Crippen LogP contribution in [0.2, 0.25) is 0 Å². The molecule has 3 rings (SSSR count). The number of ether oxygens (including phenoxy) is 1. The molecule has 0 bridgehead atoms. The first-order valence-electron chi connectivity index (χ1n) is 9.43. The lowest BCUT2D eigenvalue weighted by Gasteiger charge is -2.13. The first-order chi connectivity index (χ1) is 14.1. The molecule has 0 radical (unpaired) electrons. The van der Waals surface area contributed by atoms with Gasteiger partial charge >= 0.3 is 0 Å². The second kappa shape index (κ2) is 10.1. The third kappa shape index (κ3) is 5.80. The van der Waals surface area contributed by atoms with Crippen LogP contribution in [0.1, 0.15) is 35.6 Å². The zero-order chi connectivity index (χ0) is 20.6. The van der Waals surface area contributed by atoms with E-state index in [0.29, 0.717) is 23.8 Å². The molecule has 29 heavy (non-hydrogen) atoms. The standard InChI is InChI=1S/C21H25N5O2S/c1-15(2)13-26-19(12-23-20(27)17-4-6-18(28-3)7-5-17)24-25-21(26)29-14-16-8-10-22-11-9-16/h4-11,15H,12-14H2,1-3H3,(H,23,27). The van der Waals surface area contributed by atoms with E-state index in [1.807, 2.05) is 12.1 Å². The summed E-state index contributed by atoms with van der Waals surface area (Å²) in [6, 6.07) is 11.0. The predicted molar refractivity (Wildman–Crippen MR) is 113 cm³/mol. The van der Waals surface area contributed by atoms with Crippen molar-refractivity contribution in [3.63, 3.8) is 0 Å². The number of aromatic nitrogens is 4. The van der Waals surface area contributed by atoms with Crippen molar-refractivity contribution in [3.8, 4) is 5.75 Å². The van der Waals surface area contributed by atoms with Crippen molar-refractivity contribution in [1.82, 2.24) is 25.1 Å². The van der Waals surface area contributed by atoms with Gasteiger partial charge < -0.3 is 14.6 Å². The summed E-state index contributed by atoms with van der Waals surface area (Å²) < 4.78 is 7.22. The minimum absolute atomic E-state index is 0.155. The van der Waals surface area contributed by atoms with Crippen LogP contribution in [0.15, 0.2) is 53.9 Å². The van der Waals surface area contributed by atoms with Gasteiger partial charge in [-0.2, -0.15) is 0 Å². The first-order valence-corrected chi connectivity index (χ1v) is 10.4. The number of nitrogens with zero attached hydrogens (tertiary/aromatic N) is 4. The van der Waals surface area contributed by atoms with Gasteiger partial charge in [0, 0.05) is 30.3 Å². The Labute approximate surface area is 174 Å². The molecule has 0 saturated carbocycles. The van der Waals surface area contributed by atoms with Gasteiger partial charge in [-0.1, -0.05) is 25.6 Å². The van der Waals surface area contributed by atoms with Crippen molar-refractivity contribution in [2.24, 2.45) is 5.92 Å². The molecule has 0 aliphatic heterocycles. The highest BCUT2D eigenvalue weighted by Crippen LogP contribution is 2.23. The van der Waals surface area contributed by atoms with Crippen molar-refractivity contribution in [2.75, 3.05) is 7.11 Å². The Balaban J connectivity index is 1.67. The number of pyridine rings is 1. The zero-order valence-corrected chi connectivity index (χ0v) is 17.6. The molecule has 152 valence electrons. The van der Waals surface area contributed by atoms with Crippen LogP contribution in [0, 0.1) is 5.92 Å². The van der Waals surface area contributed by atoms with Crippen LogP contribution in [0.25, 0.3) is 0 Å². The Morgan fingerprint density at radius 3 is 2.52 bits per heavy atom. The molecule has 3 aromatic rings. The first kappa shape index (κ1) is 20.9. The van der Waals surface area contributed by atoms with Crippen molar-refractivity contribution < 1.29 is 9.53 Å². The second-order valence-corrected chi connectivity index (χ2v) is 7.90. The minimum atomic E-state index is -0.155. The topological polar surface area (TPSA) is 81.9 Å². The fourth-order valence-electron chi connectivity index (χ4n) is 2.74. The Bertz CT molecular complexity index is 926. The highest BCUT2D eigenvalue weighted by atomic mass is 32.2. The van der Waals surface area contributed by atoms with Crippen molar-refractivity contribution >= 4 is 17.7 Å². The van der Waals surface area contributed by atoms with E-state index >= 15 is 0 Å². The Hall–Kier alpha value is -2.87. The highest BCUT2D eigenvalue weighted by molar-refractivity contribution is 7.98. The summed E-state index contributed by atoms with van der Waals surface area (Å²) in [5, 5.41) is 12.5. The molecular formula is C21H25N5O2S. The largest absolute Gasteiger partial charge is 0.497 e. The number of nitrogens with one attached hydrogen (secondary N) is 1. The maximum Gasteiger partial charge on any atom is 0.251 e. The molecule has 0 unspecified atom stereocenters. The molecule has 0 saturated heterocycles. The number of thioether (sulfide) groups is 1. The maximum absolute atomic E-state index is 12.4. The lowest BCUT2D eigenvalue weighted by molar-refractivity contribution is 0.0949. The quantitative estimate of drug-likeness (QED) is 0.542. The lowest BCUT2D eigenvalue weighted by atomic mass is 10.2. The van der Waals surface area contributed by atoms with Crippen LogP contribution in [-0.2, 0) is 18.8 Å². The van der Waals surface area contributed by atoms with Gasteiger partial charge in [0.2, 0.25) is 0 Å². The average Bonchev–Trinajstić information content (AvgIpc) is 3.12. The second-order valence-electron chi connectivity index (χ2n) is 6.96. The van der Waals surface area contributed by atoms with E-state index < -0.39 is 0 Å². The summed E-state index contributed by atoms with van der Waals surface area (Å²) in [7, 11) is 1.60. The van der Waals surface area contributed by atoms with E-state index in [0.717, 1.165) is 23.3 Å². The van der Waals surface area contributed by atoms with Crippen molar-refractivity contribution in [3.05, 3.63) is 65.7 Å². The van der Waals surface area contributed by atoms with Crippen LogP contribution in [-0.4, -0.2) is 32.8 Å². The summed E-state index contributed by atoms with van der Waals surface area (Å²) in [4.78, 5) is 16.5. The fourth-order valence-corrected chi connectivity index (χ4v) is 3.66. The molecule has 2 heterocycles. The highest BCUT2D eigenvalue weighted by Gasteiger charge is 2.15. The lowest BCUT2D eigenvalue weighted by Crippen LogP contribution is -2.25. The fraction of sp³-hybridized carbons (Fsp3) is 0.333. The normalized spacial score (nSPS) is 10.9. The third-order valence-electron chi connectivity index (χ3n) is 4.22. The summed E-state index contributed by atoms with van der Waals surface area (Å²) in [6.07, 6.45) is 3.57. The van der Waals surface area contributed by atoms with Crippen LogP contribution in [0.3, 0.4) is 0 Å². The number of benzene rings is 1. The molecule has 1 aromatic carbocycles. The number of rotatable bonds is 9. The Morgan fingerprint density at radius 1 is 1.14 bits per heavy atom. The van der Waals surface area contributed by atoms with E-state index in [1.165, 1.54) is 5.56 Å². The van der Waals surface area contributed by atoms with E-state index in [2.05, 4.69) is 38.9 Å². The van der Waals surface area contributed by atoms with Gasteiger partial charge in [0.15, 0.2) is 11.0 Å². The van der Waals surface area contributed by atoms with E-state index in [4.69, 9.17) is 4.74 Å². The number of carbonyl (C=O) groups is 1. The van der Waals surface area contributed by atoms with Gasteiger partial charge in [-0.05, 0) is 47.9 Å². The van der Waals surface area contributed by atoms with Crippen molar-refractivity contribution in [1.29, 1.82) is 0 Å². The van der Waals surface area contributed by atoms with Gasteiger partial charge in [0.1, 0.15) is 5.75 Å². The van der Waals surface area contributed by atoms with Crippen molar-refractivity contribution in [2.45, 2.75) is 37.8 Å². The summed E-state index contributed by atoms with van der Waals surface area (Å²) in [5.41, 5.74) is 1.76. The molecule has 1 N–H and O–H groups in total. The van der Waals surface area contributed by atoms with Crippen LogP contribution < -0.4 is 10.1 Å². The van der Waals surface area contributed by atoms with E-state index in [9.17, 15) is 4.79 Å². The Kier molecular flexibility index (Phi) is 7.24. The van der Waals surface area contributed by atoms with Gasteiger partial charge in [-0.25, -0.2) is 0 Å². The van der Waals surface area contributed by atoms with Gasteiger partial charge in [0.25, 0.3) is 5.91 Å². The van der Waals surface area contributed by atoms with Crippen LogP contribution in [0.5, 0.6) is 5.75 Å². The van der Waals surface area contributed by atoms with E-state index in [1.54, 1.807) is 55.5 Å². The summed E-state index contributed by atoms with van der Waals surface area (Å²) in [5.74, 6) is 2.53. The number of hydrogen-bond donors (Lipinski definition) is 1. The Morgan fingerprint density at radius 2 is 1.86 bits per heavy atom. The third-order valence-corrected chi connectivity index (χ3v) is 5.26. The van der Waals surface area contributed by atoms with Crippen LogP contribution in [0.4, 0.5) is 0 Å². The molecule has 0 aliphatic carbocycles. The number of carbonyl (C=O) groups excluding carboxylic acids is 1. The molecule has 0 aliphatic rings. The van der Waals surface area contributed by atoms with Crippen LogP contribution >= 0.6 is 11.8 Å². The summed E-state index contributed by atoms with van der Waals surface area (Å²) >= 11 is 1.63. The van der Waals surface area contributed by atoms with E-state index in [-0.39, 0.29) is 5.91 Å². The zero-order valence-electron chi connectivity index (χ0n) is 16.8. The average molecular weight is 412 g/mol. The monoisotopic (exact) mass is 411 g/mol. The number of hydrogen-bond acceptors (Lipinski definition) is 6. The summed E-state index contributed by atoms with van der Waals surface area (Å²) in [6.45, 7) is 5.41. The molecule has 0 atom stereocenters. The van der Waals surface area contributed by atoms with Gasteiger partial charge in [-0.3, -0.25) is 9.78 Å². The molecular weight excluding hydrogens is 386 g/mol. The van der Waals surface area contributed by atoms with Gasteiger partial charge in [0.05, 0.1) is 13.7 Å². The smallest absolute Gasteiger partial charge is 0.251 e. The maximum atomic E-state index is 12.4. The predicted octanol–water partition coefficient (Wildman–Crippen LogP) is 3.56. The molecule has 1 amide bonds. The molecule has 8 heteroatoms. The minimum Gasteiger partial charge on any atom is -0.497 e. The number of amides is 1. The molecule has 0 spiro atoms. The van der Waals surface area contributed by atoms with Gasteiger partial charge in [-0.15, -0.1) is 10.2 Å². The molecule has 7 nitrogen and oxygen atoms in total. The SMILES string of the molecule is COc1ccc(C(=O)NCc2nnc(SCc3ccncc3)n2CC(C)C)cc1. The molecule has 0 fully saturated rings.